The van der Waals surface area contributed by atoms with Gasteiger partial charge in [0.25, 0.3) is 5.91 Å². The second kappa shape index (κ2) is 9.18. The molecule has 0 unspecified atom stereocenters. The molecule has 2 aromatic heterocycles. The van der Waals surface area contributed by atoms with Gasteiger partial charge in [0.15, 0.2) is 0 Å². The molecule has 0 bridgehead atoms. The molecule has 4 rings (SSSR count). The number of hydrogen-bond donors (Lipinski definition) is 2. The molecule has 0 spiro atoms. The lowest BCUT2D eigenvalue weighted by molar-refractivity contribution is -0.111. The van der Waals surface area contributed by atoms with Gasteiger partial charge in [-0.15, -0.1) is 0 Å². The second-order valence-corrected chi connectivity index (χ2v) is 7.16. The van der Waals surface area contributed by atoms with E-state index in [1.807, 2.05) is 24.3 Å². The highest BCUT2D eigenvalue weighted by Crippen LogP contribution is 2.22. The Labute approximate surface area is 184 Å². The van der Waals surface area contributed by atoms with Crippen molar-refractivity contribution in [1.29, 1.82) is 0 Å². The molecular weight excluding hydrogens is 406 g/mol. The number of carbonyl (C=O) groups excluding carboxylic acids is 3. The highest BCUT2D eigenvalue weighted by Gasteiger charge is 2.10. The molecular formula is C25H21N3O4. The largest absolute Gasteiger partial charge is 0.467 e. The third-order valence-corrected chi connectivity index (χ3v) is 4.89. The molecule has 0 fully saturated rings. The van der Waals surface area contributed by atoms with E-state index in [-0.39, 0.29) is 24.3 Å². The summed E-state index contributed by atoms with van der Waals surface area (Å²) in [5.41, 5.74) is 2.46. The predicted molar refractivity (Wildman–Crippen MR) is 122 cm³/mol. The van der Waals surface area contributed by atoms with Gasteiger partial charge in [-0.2, -0.15) is 0 Å². The number of anilines is 1. The van der Waals surface area contributed by atoms with E-state index in [0.29, 0.717) is 17.0 Å². The standard InChI is InChI=1S/C25H21N3O4/c1-17(29)28-16-19(22-9-2-3-10-23(22)28)11-12-24(30)27-20-7-4-6-18(14-20)25(31)26-15-21-8-5-13-32-21/h2-14,16H,15H2,1H3,(H,26,31)(H,27,30). The van der Waals surface area contributed by atoms with Crippen molar-refractivity contribution >= 4 is 40.4 Å². The van der Waals surface area contributed by atoms with E-state index in [1.54, 1.807) is 59.5 Å². The summed E-state index contributed by atoms with van der Waals surface area (Å²) in [6, 6.07) is 17.7. The smallest absolute Gasteiger partial charge is 0.251 e. The van der Waals surface area contributed by atoms with Crippen LogP contribution in [0.5, 0.6) is 0 Å². The van der Waals surface area contributed by atoms with Crippen molar-refractivity contribution in [3.63, 3.8) is 0 Å². The van der Waals surface area contributed by atoms with Gasteiger partial charge in [0.1, 0.15) is 5.76 Å². The third kappa shape index (κ3) is 4.67. The Hall–Kier alpha value is -4.39. The summed E-state index contributed by atoms with van der Waals surface area (Å²) >= 11 is 0. The maximum atomic E-state index is 12.4. The van der Waals surface area contributed by atoms with Gasteiger partial charge in [-0.25, -0.2) is 0 Å². The zero-order valence-corrected chi connectivity index (χ0v) is 17.4. The molecule has 7 nitrogen and oxygen atoms in total. The molecule has 0 radical (unpaired) electrons. The van der Waals surface area contributed by atoms with Crippen LogP contribution in [0.3, 0.4) is 0 Å². The number of carbonyl (C=O) groups is 3. The Bertz CT molecular complexity index is 1320. The lowest BCUT2D eigenvalue weighted by atomic mass is 10.1. The van der Waals surface area contributed by atoms with Crippen LogP contribution in [0.4, 0.5) is 5.69 Å². The molecule has 2 heterocycles. The van der Waals surface area contributed by atoms with Gasteiger partial charge in [0.05, 0.1) is 18.3 Å². The van der Waals surface area contributed by atoms with Crippen molar-refractivity contribution in [3.8, 4) is 0 Å². The molecule has 32 heavy (non-hydrogen) atoms. The fourth-order valence-electron chi connectivity index (χ4n) is 3.37. The zero-order chi connectivity index (χ0) is 22.5. The average molecular weight is 427 g/mol. The van der Waals surface area contributed by atoms with E-state index >= 15 is 0 Å². The Morgan fingerprint density at radius 2 is 1.88 bits per heavy atom. The van der Waals surface area contributed by atoms with Crippen LogP contribution in [-0.2, 0) is 11.3 Å². The number of nitrogens with zero attached hydrogens (tertiary/aromatic N) is 1. The number of benzene rings is 2. The Kier molecular flexibility index (Phi) is 5.98. The molecule has 2 N–H and O–H groups in total. The molecule has 0 saturated heterocycles. The molecule has 2 aromatic carbocycles. The number of furan rings is 1. The van der Waals surface area contributed by atoms with Gasteiger partial charge in [0, 0.05) is 41.4 Å². The van der Waals surface area contributed by atoms with Gasteiger partial charge in [0.2, 0.25) is 11.8 Å². The van der Waals surface area contributed by atoms with E-state index in [9.17, 15) is 14.4 Å². The van der Waals surface area contributed by atoms with E-state index < -0.39 is 0 Å². The van der Waals surface area contributed by atoms with E-state index in [1.165, 1.54) is 13.0 Å². The lowest BCUT2D eigenvalue weighted by Crippen LogP contribution is -2.22. The molecule has 4 aromatic rings. The first-order valence-electron chi connectivity index (χ1n) is 10.0. The van der Waals surface area contributed by atoms with Gasteiger partial charge in [-0.05, 0) is 42.5 Å². The van der Waals surface area contributed by atoms with Crippen LogP contribution < -0.4 is 10.6 Å². The molecule has 0 saturated carbocycles. The summed E-state index contributed by atoms with van der Waals surface area (Å²) in [5, 5.41) is 6.40. The summed E-state index contributed by atoms with van der Waals surface area (Å²) in [7, 11) is 0. The fraction of sp³-hybridized carbons (Fsp3) is 0.0800. The van der Waals surface area contributed by atoms with Crippen molar-refractivity contribution in [2.75, 3.05) is 5.32 Å². The van der Waals surface area contributed by atoms with Crippen LogP contribution in [0, 0.1) is 0 Å². The van der Waals surface area contributed by atoms with Crippen molar-refractivity contribution in [1.82, 2.24) is 9.88 Å². The second-order valence-electron chi connectivity index (χ2n) is 7.16. The number of rotatable bonds is 6. The number of amides is 2. The fourth-order valence-corrected chi connectivity index (χ4v) is 3.37. The maximum Gasteiger partial charge on any atom is 0.251 e. The van der Waals surface area contributed by atoms with Crippen LogP contribution in [0.2, 0.25) is 0 Å². The number of aromatic nitrogens is 1. The number of hydrogen-bond acceptors (Lipinski definition) is 4. The molecule has 0 aliphatic heterocycles. The Balaban J connectivity index is 1.44. The molecule has 2 amide bonds. The van der Waals surface area contributed by atoms with Gasteiger partial charge < -0.3 is 15.1 Å². The third-order valence-electron chi connectivity index (χ3n) is 4.89. The lowest BCUT2D eigenvalue weighted by Gasteiger charge is -2.06. The maximum absolute atomic E-state index is 12.4. The van der Waals surface area contributed by atoms with E-state index in [0.717, 1.165) is 16.5 Å². The van der Waals surface area contributed by atoms with Gasteiger partial charge in [-0.1, -0.05) is 24.3 Å². The highest BCUT2D eigenvalue weighted by atomic mass is 16.3. The average Bonchev–Trinajstić information content (AvgIpc) is 3.44. The van der Waals surface area contributed by atoms with Gasteiger partial charge >= 0.3 is 0 Å². The first kappa shape index (κ1) is 20.9. The minimum Gasteiger partial charge on any atom is -0.467 e. The van der Waals surface area contributed by atoms with E-state index in [2.05, 4.69) is 10.6 Å². The van der Waals surface area contributed by atoms with E-state index in [4.69, 9.17) is 4.42 Å². The first-order valence-corrected chi connectivity index (χ1v) is 10.0. The quantitative estimate of drug-likeness (QED) is 0.444. The summed E-state index contributed by atoms with van der Waals surface area (Å²) in [5.74, 6) is -0.0746. The van der Waals surface area contributed by atoms with Crippen LogP contribution in [0.15, 0.2) is 83.6 Å². The Morgan fingerprint density at radius 3 is 2.66 bits per heavy atom. The van der Waals surface area contributed by atoms with Crippen LogP contribution >= 0.6 is 0 Å². The summed E-state index contributed by atoms with van der Waals surface area (Å²) in [6.45, 7) is 1.77. The predicted octanol–water partition coefficient (Wildman–Crippen LogP) is 4.48. The molecule has 0 atom stereocenters. The van der Waals surface area contributed by atoms with Crippen LogP contribution in [0.25, 0.3) is 17.0 Å². The summed E-state index contributed by atoms with van der Waals surface area (Å²) in [4.78, 5) is 36.7. The summed E-state index contributed by atoms with van der Waals surface area (Å²) in [6.07, 6.45) is 6.32. The number of para-hydroxylation sites is 1. The number of nitrogens with one attached hydrogen (secondary N) is 2. The van der Waals surface area contributed by atoms with Crippen molar-refractivity contribution in [3.05, 3.63) is 96.1 Å². The van der Waals surface area contributed by atoms with Crippen molar-refractivity contribution in [2.24, 2.45) is 0 Å². The van der Waals surface area contributed by atoms with Crippen LogP contribution in [-0.4, -0.2) is 22.3 Å². The molecule has 0 aliphatic carbocycles. The normalized spacial score (nSPS) is 11.0. The first-order chi connectivity index (χ1) is 15.5. The number of fused-ring (bicyclic) bond motifs is 1. The van der Waals surface area contributed by atoms with Crippen molar-refractivity contribution in [2.45, 2.75) is 13.5 Å². The molecule has 160 valence electrons. The van der Waals surface area contributed by atoms with Crippen LogP contribution in [0.1, 0.15) is 33.4 Å². The highest BCUT2D eigenvalue weighted by molar-refractivity contribution is 6.05. The minimum atomic E-state index is -0.349. The molecule has 0 aliphatic rings. The topological polar surface area (TPSA) is 93.3 Å². The van der Waals surface area contributed by atoms with Gasteiger partial charge in [-0.3, -0.25) is 19.0 Å². The summed E-state index contributed by atoms with van der Waals surface area (Å²) < 4.78 is 6.75. The SMILES string of the molecule is CC(=O)n1cc(C=CC(=O)Nc2cccc(C(=O)NCc3ccco3)c2)c2ccccc21. The molecule has 7 heteroatoms. The van der Waals surface area contributed by atoms with Crippen molar-refractivity contribution < 1.29 is 18.8 Å². The minimum absolute atomic E-state index is 0.104. The zero-order valence-electron chi connectivity index (χ0n) is 17.4. The monoisotopic (exact) mass is 427 g/mol. The Morgan fingerprint density at radius 1 is 1.03 bits per heavy atom.